The molecule has 4 aromatic heterocycles. The van der Waals surface area contributed by atoms with Crippen molar-refractivity contribution in [3.8, 4) is 44.8 Å². The quantitative estimate of drug-likeness (QED) is 0.118. The minimum Gasteiger partial charge on any atom is -0.486 e. The molecule has 8 rings (SSSR count). The van der Waals surface area contributed by atoms with Crippen molar-refractivity contribution in [3.05, 3.63) is 157 Å². The van der Waals surface area contributed by atoms with Crippen molar-refractivity contribution in [1.29, 1.82) is 0 Å². The Hall–Kier alpha value is -5.00. The van der Waals surface area contributed by atoms with Crippen molar-refractivity contribution in [1.82, 2.24) is 15.0 Å². The van der Waals surface area contributed by atoms with E-state index in [0.29, 0.717) is 33.8 Å². The third-order valence-corrected chi connectivity index (χ3v) is 11.5. The molecule has 0 amide bonds. The van der Waals surface area contributed by atoms with Crippen molar-refractivity contribution in [3.63, 3.8) is 0 Å². The Morgan fingerprint density at radius 2 is 1.46 bits per heavy atom. The first-order chi connectivity index (χ1) is 29.0. The van der Waals surface area contributed by atoms with Crippen LogP contribution >= 0.6 is 0 Å². The van der Waals surface area contributed by atoms with Crippen LogP contribution in [0.15, 0.2) is 132 Å². The van der Waals surface area contributed by atoms with Gasteiger partial charge in [-0.2, -0.15) is 0 Å². The van der Waals surface area contributed by atoms with Crippen LogP contribution in [-0.4, -0.2) is 23.0 Å². The van der Waals surface area contributed by atoms with Gasteiger partial charge in [-0.15, -0.1) is 53.6 Å². The van der Waals surface area contributed by atoms with Gasteiger partial charge < -0.3 is 14.4 Å². The van der Waals surface area contributed by atoms with Gasteiger partial charge in [0.1, 0.15) is 0 Å². The number of pyridine rings is 3. The summed E-state index contributed by atoms with van der Waals surface area (Å²) in [5, 5.41) is 2.79. The molecule has 0 spiro atoms. The summed E-state index contributed by atoms with van der Waals surface area (Å²) in [5.41, 5.74) is 8.59. The topological polar surface area (TPSA) is 51.8 Å². The summed E-state index contributed by atoms with van der Waals surface area (Å²) in [7, 11) is -1.77. The summed E-state index contributed by atoms with van der Waals surface area (Å²) in [4.78, 5) is 13.8. The molecule has 0 unspecified atom stereocenters. The Balaban J connectivity index is 0.000000208. The average molecular weight is 948 g/mol. The molecule has 0 aliphatic rings. The smallest absolute Gasteiger partial charge is 0.216 e. The molecule has 0 aliphatic heterocycles. The Labute approximate surface area is 361 Å². The van der Waals surface area contributed by atoms with Crippen LogP contribution in [0.2, 0.25) is 19.6 Å². The zero-order valence-electron chi connectivity index (χ0n) is 39.7. The van der Waals surface area contributed by atoms with Crippen molar-refractivity contribution in [2.24, 2.45) is 5.41 Å². The molecule has 0 saturated heterocycles. The van der Waals surface area contributed by atoms with Crippen LogP contribution in [0.1, 0.15) is 65.6 Å². The number of aromatic nitrogens is 3. The first-order valence-electron chi connectivity index (χ1n) is 21.9. The molecular formula is C51H51IrN3OSi-2. The predicted octanol–water partition coefficient (Wildman–Crippen LogP) is 13.3. The second-order valence-electron chi connectivity index (χ2n) is 16.3. The summed E-state index contributed by atoms with van der Waals surface area (Å²) < 4.78 is 56.1. The Morgan fingerprint density at radius 1 is 0.772 bits per heavy atom. The first kappa shape index (κ1) is 34.1. The third kappa shape index (κ3) is 9.59. The van der Waals surface area contributed by atoms with Crippen molar-refractivity contribution < 1.29 is 32.7 Å². The zero-order chi connectivity index (χ0) is 44.8. The van der Waals surface area contributed by atoms with E-state index < -0.39 is 32.6 Å². The third-order valence-electron chi connectivity index (χ3n) is 9.46. The minimum atomic E-state index is -2.30. The number of nitrogens with zero attached hydrogens (tertiary/aromatic N) is 3. The Morgan fingerprint density at radius 3 is 2.12 bits per heavy atom. The first-order valence-corrected chi connectivity index (χ1v) is 22.4. The van der Waals surface area contributed by atoms with E-state index in [4.69, 9.17) is 17.6 Å². The molecule has 4 heterocycles. The van der Waals surface area contributed by atoms with Crippen LogP contribution < -0.4 is 5.19 Å². The number of hydrogen-bond acceptors (Lipinski definition) is 4. The molecule has 291 valence electrons. The molecule has 4 nitrogen and oxygen atoms in total. The van der Waals surface area contributed by atoms with Gasteiger partial charge in [-0.05, 0) is 75.5 Å². The van der Waals surface area contributed by atoms with Gasteiger partial charge in [0.15, 0.2) is 0 Å². The SMILES string of the molecule is [2H]C([2H])([2H])c1cnc(-c2[c-]ccc3c2oc2nc(C([2H])(C)C)ccc23)cc1-c1ccccc1.[2H]C([2H])(c1cc(-c2[c-]ccc(-c3ccccc3)c2)ncc1[Si](C)(C)C)C(C)(C)C.[Ir]. The molecular weight excluding hydrogens is 891 g/mol. The molecule has 8 aromatic rings. The van der Waals surface area contributed by atoms with Gasteiger partial charge >= 0.3 is 0 Å². The number of hydrogen-bond donors (Lipinski definition) is 0. The summed E-state index contributed by atoms with van der Waals surface area (Å²) >= 11 is 0. The van der Waals surface area contributed by atoms with Crippen LogP contribution in [0.3, 0.4) is 0 Å². The standard InChI is InChI=1S/C26H21N2O.C25H30NSi.Ir/c1-16(2)23-13-12-20-19-10-7-11-21(25(19)29-26(20)28-23)24-14-22(17(3)15-27-24)18-8-5-4-6-9-18;1-25(2,3)17-22-16-23(26-18-24(22)27(4,5)6)21-14-10-13-20(15-21)19-11-8-7-9-12-19;/h4-10,12-16H,1-3H3;7-13,15-16,18H,17H2,1-6H3;/q2*-1;/i3D3,16D;17D2;. The second kappa shape index (κ2) is 17.2. The molecule has 6 heteroatoms. The van der Waals surface area contributed by atoms with Crippen LogP contribution in [0, 0.1) is 24.4 Å². The van der Waals surface area contributed by atoms with E-state index in [-0.39, 0.29) is 25.7 Å². The number of rotatable bonds is 7. The van der Waals surface area contributed by atoms with E-state index in [1.807, 2.05) is 112 Å². The maximum absolute atomic E-state index is 8.93. The monoisotopic (exact) mass is 948 g/mol. The summed E-state index contributed by atoms with van der Waals surface area (Å²) in [6.07, 6.45) is 1.86. The molecule has 4 aromatic carbocycles. The molecule has 0 saturated carbocycles. The molecule has 0 atom stereocenters. The minimum absolute atomic E-state index is 0. The van der Waals surface area contributed by atoms with Crippen molar-refractivity contribution in [2.75, 3.05) is 0 Å². The van der Waals surface area contributed by atoms with E-state index in [0.717, 1.165) is 49.5 Å². The maximum atomic E-state index is 8.93. The summed E-state index contributed by atoms with van der Waals surface area (Å²) in [6.45, 7) is 13.9. The largest absolute Gasteiger partial charge is 0.486 e. The van der Waals surface area contributed by atoms with E-state index in [9.17, 15) is 0 Å². The number of fused-ring (bicyclic) bond motifs is 3. The van der Waals surface area contributed by atoms with Crippen molar-refractivity contribution in [2.45, 2.75) is 73.4 Å². The molecule has 0 bridgehead atoms. The van der Waals surface area contributed by atoms with E-state index in [1.54, 1.807) is 26.0 Å². The van der Waals surface area contributed by atoms with Crippen LogP contribution in [-0.2, 0) is 26.5 Å². The van der Waals surface area contributed by atoms with E-state index in [1.165, 1.54) is 6.20 Å². The maximum Gasteiger partial charge on any atom is 0.216 e. The fourth-order valence-electron chi connectivity index (χ4n) is 6.67. The van der Waals surface area contributed by atoms with Crippen LogP contribution in [0.25, 0.3) is 66.8 Å². The van der Waals surface area contributed by atoms with Crippen LogP contribution in [0.4, 0.5) is 0 Å². The fraction of sp³-hybridized carbons (Fsp3) is 0.235. The Bertz CT molecular complexity index is 2880. The van der Waals surface area contributed by atoms with Gasteiger partial charge in [0.2, 0.25) is 5.71 Å². The molecule has 0 N–H and O–H groups in total. The average Bonchev–Trinajstić information content (AvgIpc) is 3.61. The van der Waals surface area contributed by atoms with Gasteiger partial charge in [-0.3, -0.25) is 0 Å². The van der Waals surface area contributed by atoms with Gasteiger partial charge in [0, 0.05) is 51.8 Å². The fourth-order valence-corrected chi connectivity index (χ4v) is 8.07. The van der Waals surface area contributed by atoms with Gasteiger partial charge in [0.05, 0.1) is 13.7 Å². The van der Waals surface area contributed by atoms with E-state index in [2.05, 4.69) is 59.9 Å². The zero-order valence-corrected chi connectivity index (χ0v) is 37.1. The number of furan rings is 1. The van der Waals surface area contributed by atoms with E-state index >= 15 is 0 Å². The molecule has 0 aliphatic carbocycles. The second-order valence-corrected chi connectivity index (χ2v) is 21.4. The normalized spacial score (nSPS) is 13.9. The van der Waals surface area contributed by atoms with Gasteiger partial charge in [0.25, 0.3) is 0 Å². The molecule has 1 radical (unpaired) electrons. The molecule has 57 heavy (non-hydrogen) atoms. The molecule has 0 fully saturated rings. The Kier molecular flexibility index (Phi) is 10.3. The van der Waals surface area contributed by atoms with Crippen molar-refractivity contribution >= 4 is 35.3 Å². The summed E-state index contributed by atoms with van der Waals surface area (Å²) in [6, 6.07) is 43.4. The number of benzene rings is 4. The predicted molar refractivity (Wildman–Crippen MR) is 238 cm³/mol. The summed E-state index contributed by atoms with van der Waals surface area (Å²) in [5.74, 6) is -0.848. The number of aryl methyl sites for hydroxylation is 1. The van der Waals surface area contributed by atoms with Gasteiger partial charge in [-0.1, -0.05) is 144 Å². The van der Waals surface area contributed by atoms with Gasteiger partial charge in [-0.25, -0.2) is 4.98 Å². The van der Waals surface area contributed by atoms with Crippen LogP contribution in [0.5, 0.6) is 0 Å².